The number of carbonyl (C=O) groups is 3. The van der Waals surface area contributed by atoms with Crippen molar-refractivity contribution in [2.24, 2.45) is 5.92 Å². The minimum Gasteiger partial charge on any atom is -0.484 e. The first-order valence-corrected chi connectivity index (χ1v) is 11.4. The molecule has 2 fully saturated rings. The van der Waals surface area contributed by atoms with Crippen LogP contribution in [-0.4, -0.2) is 59.9 Å². The Morgan fingerprint density at radius 3 is 2.64 bits per heavy atom. The van der Waals surface area contributed by atoms with Crippen LogP contribution in [-0.2, 0) is 19.1 Å². The second kappa shape index (κ2) is 9.68. The van der Waals surface area contributed by atoms with E-state index in [0.717, 1.165) is 12.8 Å². The Morgan fingerprint density at radius 2 is 1.94 bits per heavy atom. The third kappa shape index (κ3) is 4.34. The minimum atomic E-state index is -1.16. The van der Waals surface area contributed by atoms with Crippen molar-refractivity contribution in [3.8, 4) is 5.75 Å². The molecule has 176 valence electrons. The molecule has 2 saturated heterocycles. The summed E-state index contributed by atoms with van der Waals surface area (Å²) >= 11 is 0. The van der Waals surface area contributed by atoms with Crippen LogP contribution in [0.1, 0.15) is 44.4 Å². The third-order valence-corrected chi connectivity index (χ3v) is 6.55. The van der Waals surface area contributed by atoms with Crippen LogP contribution < -0.4 is 4.74 Å². The van der Waals surface area contributed by atoms with Crippen molar-refractivity contribution in [3.63, 3.8) is 0 Å². The molecule has 1 aromatic carbocycles. The first-order chi connectivity index (χ1) is 16.0. The summed E-state index contributed by atoms with van der Waals surface area (Å²) in [5.74, 6) is -0.658. The zero-order valence-corrected chi connectivity index (χ0v) is 19.1. The number of para-hydroxylation sites is 1. The maximum atomic E-state index is 13.7. The van der Waals surface area contributed by atoms with Crippen molar-refractivity contribution in [3.05, 3.63) is 54.5 Å². The van der Waals surface area contributed by atoms with Crippen LogP contribution in [0.4, 0.5) is 0 Å². The molecule has 2 aliphatic rings. The van der Waals surface area contributed by atoms with Crippen LogP contribution in [0.3, 0.4) is 0 Å². The van der Waals surface area contributed by atoms with Crippen LogP contribution in [0.2, 0.25) is 0 Å². The number of benzene rings is 1. The van der Waals surface area contributed by atoms with Crippen molar-refractivity contribution in [2.75, 3.05) is 26.8 Å². The van der Waals surface area contributed by atoms with E-state index >= 15 is 0 Å². The van der Waals surface area contributed by atoms with Gasteiger partial charge in [0.15, 0.2) is 6.61 Å². The lowest BCUT2D eigenvalue weighted by Gasteiger charge is -2.40. The second-order valence-electron chi connectivity index (χ2n) is 8.60. The molecule has 0 aliphatic carbocycles. The highest BCUT2D eigenvalue weighted by atomic mass is 16.5. The van der Waals surface area contributed by atoms with Gasteiger partial charge >= 0.3 is 5.97 Å². The number of ether oxygens (including phenoxy) is 2. The molecule has 3 heterocycles. The lowest BCUT2D eigenvalue weighted by molar-refractivity contribution is -0.154. The summed E-state index contributed by atoms with van der Waals surface area (Å²) in [6.45, 7) is 2.31. The van der Waals surface area contributed by atoms with E-state index in [9.17, 15) is 14.4 Å². The molecule has 8 heteroatoms. The molecule has 2 aromatic rings. The van der Waals surface area contributed by atoms with Gasteiger partial charge in [-0.2, -0.15) is 0 Å². The van der Waals surface area contributed by atoms with E-state index in [0.29, 0.717) is 24.5 Å². The number of rotatable bonds is 6. The van der Waals surface area contributed by atoms with Gasteiger partial charge in [-0.1, -0.05) is 18.2 Å². The normalized spacial score (nSPS) is 25.2. The first kappa shape index (κ1) is 22.9. The molecule has 2 amide bonds. The Balaban J connectivity index is 1.75. The summed E-state index contributed by atoms with van der Waals surface area (Å²) in [5.41, 5.74) is -1.16. The number of amides is 2. The van der Waals surface area contributed by atoms with E-state index in [1.165, 1.54) is 6.26 Å². The van der Waals surface area contributed by atoms with Gasteiger partial charge in [0.1, 0.15) is 23.1 Å². The summed E-state index contributed by atoms with van der Waals surface area (Å²) in [4.78, 5) is 43.7. The molecule has 0 saturated carbocycles. The van der Waals surface area contributed by atoms with Crippen LogP contribution in [0.25, 0.3) is 0 Å². The van der Waals surface area contributed by atoms with Crippen molar-refractivity contribution < 1.29 is 28.3 Å². The largest absolute Gasteiger partial charge is 0.484 e. The van der Waals surface area contributed by atoms with Crippen LogP contribution in [0.5, 0.6) is 5.75 Å². The van der Waals surface area contributed by atoms with Gasteiger partial charge in [-0.3, -0.25) is 14.4 Å². The molecule has 0 unspecified atom stereocenters. The molecule has 1 spiro atoms. The van der Waals surface area contributed by atoms with E-state index in [1.54, 1.807) is 48.0 Å². The fraction of sp³-hybridized carbons (Fsp3) is 0.480. The number of hydrogen-bond donors (Lipinski definition) is 0. The minimum absolute atomic E-state index is 0.156. The fourth-order valence-electron chi connectivity index (χ4n) is 5.13. The van der Waals surface area contributed by atoms with Crippen molar-refractivity contribution >= 4 is 17.8 Å². The van der Waals surface area contributed by atoms with Gasteiger partial charge in [0.05, 0.1) is 18.8 Å². The zero-order valence-electron chi connectivity index (χ0n) is 19.1. The quantitative estimate of drug-likeness (QED) is 0.623. The smallest absolute Gasteiger partial charge is 0.311 e. The van der Waals surface area contributed by atoms with E-state index in [2.05, 4.69) is 0 Å². The average Bonchev–Trinajstić information content (AvgIpc) is 3.44. The van der Waals surface area contributed by atoms with E-state index in [-0.39, 0.29) is 31.4 Å². The molecule has 3 atom stereocenters. The van der Waals surface area contributed by atoms with Gasteiger partial charge in [-0.05, 0) is 56.9 Å². The Kier molecular flexibility index (Phi) is 6.72. The molecule has 0 bridgehead atoms. The van der Waals surface area contributed by atoms with Gasteiger partial charge in [0.25, 0.3) is 5.91 Å². The Hall–Kier alpha value is -3.29. The number of hydrogen-bond acceptors (Lipinski definition) is 6. The molecule has 33 heavy (non-hydrogen) atoms. The highest BCUT2D eigenvalue weighted by Gasteiger charge is 2.62. The number of likely N-dealkylation sites (tertiary alicyclic amines) is 2. The number of likely N-dealkylation sites (N-methyl/N-ethyl adjacent to an activating group) is 1. The lowest BCUT2D eigenvalue weighted by Crippen LogP contribution is -2.58. The van der Waals surface area contributed by atoms with Crippen molar-refractivity contribution in [2.45, 2.75) is 44.2 Å². The Bertz CT molecular complexity index is 976. The third-order valence-electron chi connectivity index (χ3n) is 6.55. The van der Waals surface area contributed by atoms with Crippen molar-refractivity contribution in [1.82, 2.24) is 9.80 Å². The number of carbonyl (C=O) groups excluding carboxylic acids is 3. The summed E-state index contributed by atoms with van der Waals surface area (Å²) in [7, 11) is 1.75. The topological polar surface area (TPSA) is 89.3 Å². The summed E-state index contributed by atoms with van der Waals surface area (Å²) in [5, 5.41) is 0. The van der Waals surface area contributed by atoms with E-state index in [1.807, 2.05) is 18.2 Å². The Labute approximate surface area is 193 Å². The maximum Gasteiger partial charge on any atom is 0.311 e. The predicted molar refractivity (Wildman–Crippen MR) is 119 cm³/mol. The number of esters is 1. The van der Waals surface area contributed by atoms with Crippen molar-refractivity contribution in [1.29, 1.82) is 0 Å². The predicted octanol–water partition coefficient (Wildman–Crippen LogP) is 3.19. The van der Waals surface area contributed by atoms with E-state index < -0.39 is 23.5 Å². The number of furan rings is 1. The van der Waals surface area contributed by atoms with Gasteiger partial charge < -0.3 is 23.7 Å². The highest BCUT2D eigenvalue weighted by Crippen LogP contribution is 2.51. The van der Waals surface area contributed by atoms with Gasteiger partial charge in [0.2, 0.25) is 5.91 Å². The Morgan fingerprint density at radius 1 is 1.15 bits per heavy atom. The molecule has 0 radical (unpaired) electrons. The molecule has 8 nitrogen and oxygen atoms in total. The SMILES string of the molecule is CCOC(=O)[C@H]1C[C@]2(CCCCN(C)C2=O)N(C(=O)COc2ccccc2)[C@H]1c1ccco1. The molecule has 0 N–H and O–H groups in total. The maximum absolute atomic E-state index is 13.7. The van der Waals surface area contributed by atoms with Crippen LogP contribution >= 0.6 is 0 Å². The second-order valence-corrected chi connectivity index (χ2v) is 8.60. The molecule has 4 rings (SSSR count). The number of nitrogens with zero attached hydrogens (tertiary/aromatic N) is 2. The zero-order chi connectivity index (χ0) is 23.4. The molecule has 2 aliphatic heterocycles. The van der Waals surface area contributed by atoms with Gasteiger partial charge in [-0.25, -0.2) is 0 Å². The van der Waals surface area contributed by atoms with Gasteiger partial charge in [-0.15, -0.1) is 0 Å². The first-order valence-electron chi connectivity index (χ1n) is 11.4. The lowest BCUT2D eigenvalue weighted by atomic mass is 9.86. The summed E-state index contributed by atoms with van der Waals surface area (Å²) in [6.07, 6.45) is 3.77. The highest BCUT2D eigenvalue weighted by molar-refractivity contribution is 5.94. The summed E-state index contributed by atoms with van der Waals surface area (Å²) < 4.78 is 16.8. The molecular weight excluding hydrogens is 424 g/mol. The van der Waals surface area contributed by atoms with Crippen LogP contribution in [0.15, 0.2) is 53.1 Å². The van der Waals surface area contributed by atoms with Crippen LogP contribution in [0, 0.1) is 5.92 Å². The standard InChI is InChI=1S/C25H30N2O6/c1-3-31-23(29)19-16-25(13-7-8-14-26(2)24(25)30)27(22(19)20-12-9-15-32-20)21(28)17-33-18-10-5-4-6-11-18/h4-6,9-12,15,19,22H,3,7-8,13-14,16-17H2,1-2H3/t19-,22+,25-/m0/s1. The average molecular weight is 455 g/mol. The van der Waals surface area contributed by atoms with Gasteiger partial charge in [0, 0.05) is 13.6 Å². The monoisotopic (exact) mass is 454 g/mol. The summed E-state index contributed by atoms with van der Waals surface area (Å²) in [6, 6.07) is 11.7. The fourth-order valence-corrected chi connectivity index (χ4v) is 5.13. The molecular formula is C25H30N2O6. The van der Waals surface area contributed by atoms with E-state index in [4.69, 9.17) is 13.9 Å². The molecule has 1 aromatic heterocycles.